The molecule has 0 aliphatic carbocycles. The average Bonchev–Trinajstić information content (AvgIpc) is 2.27. The first-order chi connectivity index (χ1) is 7.97. The van der Waals surface area contributed by atoms with Crippen molar-refractivity contribution in [2.24, 2.45) is 5.73 Å². The fourth-order valence-electron chi connectivity index (χ4n) is 3.27. The minimum atomic E-state index is -0.0564. The zero-order valence-corrected chi connectivity index (χ0v) is 11.4. The summed E-state index contributed by atoms with van der Waals surface area (Å²) in [6, 6.07) is 0. The summed E-state index contributed by atoms with van der Waals surface area (Å²) in [6.07, 6.45) is 2.38. The minimum Gasteiger partial charge on any atom is -0.376 e. The zero-order chi connectivity index (χ0) is 12.5. The molecule has 100 valence electrons. The summed E-state index contributed by atoms with van der Waals surface area (Å²) in [5.74, 6) is 0. The van der Waals surface area contributed by atoms with Crippen LogP contribution in [0.15, 0.2) is 0 Å². The molecule has 0 radical (unpaired) electrons. The minimum absolute atomic E-state index is 0.0564. The lowest BCUT2D eigenvalue weighted by Crippen LogP contribution is -2.63. The molecule has 17 heavy (non-hydrogen) atoms. The second-order valence-electron chi connectivity index (χ2n) is 6.09. The summed E-state index contributed by atoms with van der Waals surface area (Å²) in [4.78, 5) is 2.53. The molecular weight excluding hydrogens is 216 g/mol. The number of ether oxygens (including phenoxy) is 2. The Kier molecular flexibility index (Phi) is 3.78. The Morgan fingerprint density at radius 3 is 2.71 bits per heavy atom. The summed E-state index contributed by atoms with van der Waals surface area (Å²) < 4.78 is 11.5. The molecule has 4 heteroatoms. The SMILES string of the molecule is CC1CN(C2(CN)CCOC(C)(C)C2)CCO1. The van der Waals surface area contributed by atoms with E-state index >= 15 is 0 Å². The Morgan fingerprint density at radius 2 is 2.12 bits per heavy atom. The molecule has 0 aromatic rings. The van der Waals surface area contributed by atoms with Gasteiger partial charge in [0.1, 0.15) is 0 Å². The molecule has 0 amide bonds. The van der Waals surface area contributed by atoms with Crippen molar-refractivity contribution in [3.63, 3.8) is 0 Å². The van der Waals surface area contributed by atoms with Crippen molar-refractivity contribution < 1.29 is 9.47 Å². The Bertz CT molecular complexity index is 270. The Morgan fingerprint density at radius 1 is 1.35 bits per heavy atom. The maximum absolute atomic E-state index is 6.10. The van der Waals surface area contributed by atoms with E-state index in [0.29, 0.717) is 12.6 Å². The molecule has 2 aliphatic heterocycles. The van der Waals surface area contributed by atoms with Gasteiger partial charge in [-0.15, -0.1) is 0 Å². The first-order valence-electron chi connectivity index (χ1n) is 6.68. The third kappa shape index (κ3) is 2.81. The number of nitrogens with two attached hydrogens (primary N) is 1. The van der Waals surface area contributed by atoms with Crippen molar-refractivity contribution in [1.29, 1.82) is 0 Å². The molecule has 0 aromatic heterocycles. The van der Waals surface area contributed by atoms with Gasteiger partial charge in [0.2, 0.25) is 0 Å². The van der Waals surface area contributed by atoms with Crippen LogP contribution in [0.25, 0.3) is 0 Å². The summed E-state index contributed by atoms with van der Waals surface area (Å²) in [6.45, 7) is 10.8. The molecule has 2 heterocycles. The third-order valence-corrected chi connectivity index (χ3v) is 4.11. The van der Waals surface area contributed by atoms with Gasteiger partial charge in [0, 0.05) is 31.8 Å². The van der Waals surface area contributed by atoms with Crippen LogP contribution in [0.2, 0.25) is 0 Å². The molecular formula is C13H26N2O2. The van der Waals surface area contributed by atoms with Gasteiger partial charge in [-0.1, -0.05) is 0 Å². The molecule has 2 N–H and O–H groups in total. The maximum atomic E-state index is 6.10. The normalized spacial score (nSPS) is 39.2. The third-order valence-electron chi connectivity index (χ3n) is 4.11. The second kappa shape index (κ2) is 4.84. The largest absolute Gasteiger partial charge is 0.376 e. The lowest BCUT2D eigenvalue weighted by atomic mass is 9.79. The highest BCUT2D eigenvalue weighted by atomic mass is 16.5. The summed E-state index contributed by atoms with van der Waals surface area (Å²) in [5, 5.41) is 0. The monoisotopic (exact) mass is 242 g/mol. The first kappa shape index (κ1) is 13.3. The molecule has 2 rings (SSSR count). The molecule has 2 aliphatic rings. The van der Waals surface area contributed by atoms with Crippen LogP contribution >= 0.6 is 0 Å². The average molecular weight is 242 g/mol. The van der Waals surface area contributed by atoms with Crippen LogP contribution in [0.4, 0.5) is 0 Å². The van der Waals surface area contributed by atoms with Crippen LogP contribution in [0.5, 0.6) is 0 Å². The van der Waals surface area contributed by atoms with E-state index in [4.69, 9.17) is 15.2 Å². The lowest BCUT2D eigenvalue weighted by Gasteiger charge is -2.52. The number of morpholine rings is 1. The fraction of sp³-hybridized carbons (Fsp3) is 1.00. The molecule has 2 atom stereocenters. The number of hydrogen-bond acceptors (Lipinski definition) is 4. The van der Waals surface area contributed by atoms with E-state index in [1.165, 1.54) is 0 Å². The van der Waals surface area contributed by atoms with Gasteiger partial charge in [-0.25, -0.2) is 0 Å². The van der Waals surface area contributed by atoms with Gasteiger partial charge in [-0.05, 0) is 33.6 Å². The predicted molar refractivity (Wildman–Crippen MR) is 68.0 cm³/mol. The van der Waals surface area contributed by atoms with Crippen LogP contribution in [-0.2, 0) is 9.47 Å². The van der Waals surface area contributed by atoms with Crippen LogP contribution in [0, 0.1) is 0 Å². The van der Waals surface area contributed by atoms with Crippen LogP contribution in [0.3, 0.4) is 0 Å². The number of nitrogens with zero attached hydrogens (tertiary/aromatic N) is 1. The smallest absolute Gasteiger partial charge is 0.0674 e. The van der Waals surface area contributed by atoms with Crippen molar-refractivity contribution >= 4 is 0 Å². The van der Waals surface area contributed by atoms with Crippen molar-refractivity contribution in [2.45, 2.75) is 50.9 Å². The molecule has 0 spiro atoms. The Hall–Kier alpha value is -0.160. The number of rotatable bonds is 2. The molecule has 2 fully saturated rings. The van der Waals surface area contributed by atoms with E-state index in [9.17, 15) is 0 Å². The van der Waals surface area contributed by atoms with Crippen molar-refractivity contribution in [1.82, 2.24) is 4.90 Å². The molecule has 2 unspecified atom stereocenters. The lowest BCUT2D eigenvalue weighted by molar-refractivity contribution is -0.142. The molecule has 0 saturated carbocycles. The van der Waals surface area contributed by atoms with Gasteiger partial charge in [0.25, 0.3) is 0 Å². The van der Waals surface area contributed by atoms with E-state index in [1.807, 2.05) is 0 Å². The summed E-state index contributed by atoms with van der Waals surface area (Å²) >= 11 is 0. The quantitative estimate of drug-likeness (QED) is 0.784. The first-order valence-corrected chi connectivity index (χ1v) is 6.68. The van der Waals surface area contributed by atoms with Gasteiger partial charge in [0.05, 0.1) is 18.3 Å². The highest BCUT2D eigenvalue weighted by Crippen LogP contribution is 2.36. The van der Waals surface area contributed by atoms with Gasteiger partial charge < -0.3 is 15.2 Å². The molecule has 0 aromatic carbocycles. The van der Waals surface area contributed by atoms with Crippen molar-refractivity contribution in [2.75, 3.05) is 32.8 Å². The fourth-order valence-corrected chi connectivity index (χ4v) is 3.27. The van der Waals surface area contributed by atoms with Crippen molar-refractivity contribution in [3.8, 4) is 0 Å². The van der Waals surface area contributed by atoms with Gasteiger partial charge in [-0.2, -0.15) is 0 Å². The van der Waals surface area contributed by atoms with Gasteiger partial charge >= 0.3 is 0 Å². The van der Waals surface area contributed by atoms with E-state index in [1.54, 1.807) is 0 Å². The van der Waals surface area contributed by atoms with Crippen molar-refractivity contribution in [3.05, 3.63) is 0 Å². The van der Waals surface area contributed by atoms with E-state index < -0.39 is 0 Å². The van der Waals surface area contributed by atoms with E-state index in [-0.39, 0.29) is 11.1 Å². The highest BCUT2D eigenvalue weighted by molar-refractivity contribution is 5.00. The summed E-state index contributed by atoms with van der Waals surface area (Å²) in [5.41, 5.74) is 6.15. The van der Waals surface area contributed by atoms with Gasteiger partial charge in [0.15, 0.2) is 0 Å². The standard InChI is InChI=1S/C13H26N2O2/c1-11-8-15(5-7-16-11)13(10-14)4-6-17-12(2,3)9-13/h11H,4-10,14H2,1-3H3. The van der Waals surface area contributed by atoms with E-state index in [0.717, 1.165) is 39.1 Å². The van der Waals surface area contributed by atoms with Gasteiger partial charge in [-0.3, -0.25) is 4.90 Å². The van der Waals surface area contributed by atoms with E-state index in [2.05, 4.69) is 25.7 Å². The second-order valence-corrected chi connectivity index (χ2v) is 6.09. The molecule has 4 nitrogen and oxygen atoms in total. The van der Waals surface area contributed by atoms with Crippen LogP contribution in [-0.4, -0.2) is 55.0 Å². The Labute approximate surface area is 104 Å². The summed E-state index contributed by atoms with van der Waals surface area (Å²) in [7, 11) is 0. The molecule has 2 saturated heterocycles. The topological polar surface area (TPSA) is 47.7 Å². The highest BCUT2D eigenvalue weighted by Gasteiger charge is 2.44. The maximum Gasteiger partial charge on any atom is 0.0674 e. The molecule has 0 bridgehead atoms. The van der Waals surface area contributed by atoms with Crippen LogP contribution in [0.1, 0.15) is 33.6 Å². The zero-order valence-electron chi connectivity index (χ0n) is 11.4. The Balaban J connectivity index is 2.12. The predicted octanol–water partition coefficient (Wildman–Crippen LogP) is 0.994. The van der Waals surface area contributed by atoms with Crippen LogP contribution < -0.4 is 5.73 Å². The number of hydrogen-bond donors (Lipinski definition) is 1.